The molecule has 0 aliphatic carbocycles. The molecule has 1 aromatic rings. The van der Waals surface area contributed by atoms with Crippen LogP contribution in [0.1, 0.15) is 29.1 Å². The van der Waals surface area contributed by atoms with Gasteiger partial charge < -0.3 is 14.4 Å². The summed E-state index contributed by atoms with van der Waals surface area (Å²) in [7, 11) is 0. The summed E-state index contributed by atoms with van der Waals surface area (Å²) in [4.78, 5) is 15.0. The Morgan fingerprint density at radius 2 is 1.95 bits per heavy atom. The summed E-state index contributed by atoms with van der Waals surface area (Å²) in [6.45, 7) is 8.68. The van der Waals surface area contributed by atoms with E-state index < -0.39 is 5.79 Å². The first-order valence-electron chi connectivity index (χ1n) is 6.52. The van der Waals surface area contributed by atoms with E-state index in [1.54, 1.807) is 0 Å². The summed E-state index contributed by atoms with van der Waals surface area (Å²) in [6, 6.07) is 1.95. The fourth-order valence-electron chi connectivity index (χ4n) is 2.53. The molecule has 4 nitrogen and oxygen atoms in total. The molecule has 2 aliphatic rings. The van der Waals surface area contributed by atoms with Gasteiger partial charge in [0.15, 0.2) is 5.79 Å². The molecule has 3 heterocycles. The molecule has 1 amide bonds. The van der Waals surface area contributed by atoms with E-state index in [4.69, 9.17) is 9.47 Å². The average molecular weight is 281 g/mol. The van der Waals surface area contributed by atoms with Gasteiger partial charge in [-0.25, -0.2) is 0 Å². The Labute approximate surface area is 117 Å². The minimum Gasteiger partial charge on any atom is -0.350 e. The molecular weight excluding hydrogens is 262 g/mol. The molecule has 0 radical (unpaired) electrons. The topological polar surface area (TPSA) is 38.8 Å². The van der Waals surface area contributed by atoms with Crippen LogP contribution in [0.25, 0.3) is 0 Å². The van der Waals surface area contributed by atoms with Gasteiger partial charge in [-0.1, -0.05) is 0 Å². The molecule has 0 bridgehead atoms. The minimum absolute atomic E-state index is 0.0114. The number of hydrogen-bond donors (Lipinski definition) is 0. The highest BCUT2D eigenvalue weighted by molar-refractivity contribution is 7.12. The van der Waals surface area contributed by atoms with Gasteiger partial charge in [-0.15, -0.1) is 11.3 Å². The van der Waals surface area contributed by atoms with E-state index in [0.29, 0.717) is 13.2 Å². The number of likely N-dealkylation sites (tertiary alicyclic amines) is 1. The maximum atomic E-state index is 12.2. The van der Waals surface area contributed by atoms with Crippen LogP contribution in [0.2, 0.25) is 0 Å². The number of ether oxygens (including phenoxy) is 2. The van der Waals surface area contributed by atoms with Gasteiger partial charge in [0, 0.05) is 13.1 Å². The van der Waals surface area contributed by atoms with Crippen LogP contribution in [0.4, 0.5) is 0 Å². The number of carbonyl (C=O) groups is 1. The lowest BCUT2D eigenvalue weighted by molar-refractivity contribution is -0.301. The van der Waals surface area contributed by atoms with Crippen LogP contribution >= 0.6 is 11.3 Å². The van der Waals surface area contributed by atoms with E-state index in [2.05, 4.69) is 0 Å². The van der Waals surface area contributed by atoms with Crippen molar-refractivity contribution in [2.45, 2.75) is 26.6 Å². The van der Waals surface area contributed by atoms with Crippen molar-refractivity contribution in [3.8, 4) is 0 Å². The second-order valence-corrected chi connectivity index (χ2v) is 7.04. The number of nitrogens with zero attached hydrogens (tertiary/aromatic N) is 1. The van der Waals surface area contributed by atoms with Gasteiger partial charge in [0.1, 0.15) is 0 Å². The van der Waals surface area contributed by atoms with Crippen LogP contribution in [-0.2, 0) is 9.47 Å². The van der Waals surface area contributed by atoms with Crippen molar-refractivity contribution >= 4 is 17.2 Å². The van der Waals surface area contributed by atoms with Crippen molar-refractivity contribution in [3.05, 3.63) is 21.9 Å². The predicted molar refractivity (Wildman–Crippen MR) is 73.4 cm³/mol. The molecule has 2 fully saturated rings. The summed E-state index contributed by atoms with van der Waals surface area (Å²) in [5.41, 5.74) is 1.16. The van der Waals surface area contributed by atoms with Gasteiger partial charge >= 0.3 is 0 Å². The highest BCUT2D eigenvalue weighted by atomic mass is 32.1. The quantitative estimate of drug-likeness (QED) is 0.792. The second-order valence-electron chi connectivity index (χ2n) is 6.13. The lowest BCUT2D eigenvalue weighted by Crippen LogP contribution is -2.65. The van der Waals surface area contributed by atoms with Gasteiger partial charge in [0.2, 0.25) is 0 Å². The Morgan fingerprint density at radius 3 is 2.47 bits per heavy atom. The lowest BCUT2D eigenvalue weighted by atomic mass is 9.80. The number of carbonyl (C=O) groups excluding carboxylic acids is 1. The number of hydrogen-bond acceptors (Lipinski definition) is 4. The van der Waals surface area contributed by atoms with E-state index in [1.165, 1.54) is 11.3 Å². The normalized spacial score (nSPS) is 24.3. The molecule has 2 aliphatic heterocycles. The van der Waals surface area contributed by atoms with Crippen LogP contribution in [-0.4, -0.2) is 42.9 Å². The zero-order valence-corrected chi connectivity index (χ0v) is 12.4. The van der Waals surface area contributed by atoms with Gasteiger partial charge in [-0.2, -0.15) is 0 Å². The summed E-state index contributed by atoms with van der Waals surface area (Å²) >= 11 is 1.52. The third-order valence-electron chi connectivity index (χ3n) is 3.73. The molecule has 19 heavy (non-hydrogen) atoms. The van der Waals surface area contributed by atoms with Gasteiger partial charge in [-0.3, -0.25) is 4.79 Å². The van der Waals surface area contributed by atoms with Crippen LogP contribution in [0, 0.1) is 12.3 Å². The van der Waals surface area contributed by atoms with E-state index in [0.717, 1.165) is 23.5 Å². The fourth-order valence-corrected chi connectivity index (χ4v) is 3.39. The van der Waals surface area contributed by atoms with Crippen LogP contribution in [0.3, 0.4) is 0 Å². The molecule has 1 spiro atoms. The monoisotopic (exact) mass is 281 g/mol. The Kier molecular flexibility index (Phi) is 2.96. The van der Waals surface area contributed by atoms with Gasteiger partial charge in [0.05, 0.1) is 23.5 Å². The van der Waals surface area contributed by atoms with Gasteiger partial charge in [-0.05, 0) is 37.8 Å². The number of amides is 1. The zero-order valence-electron chi connectivity index (χ0n) is 11.6. The first-order valence-corrected chi connectivity index (χ1v) is 7.40. The SMILES string of the molecule is Cc1csc(C(=O)N2CC3(COC(C)(C)OC3)C2)c1. The molecule has 0 aromatic carbocycles. The van der Waals surface area contributed by atoms with Crippen LogP contribution < -0.4 is 0 Å². The van der Waals surface area contributed by atoms with Crippen molar-refractivity contribution in [1.29, 1.82) is 0 Å². The molecule has 3 rings (SSSR count). The molecule has 0 atom stereocenters. The Morgan fingerprint density at radius 1 is 1.32 bits per heavy atom. The minimum atomic E-state index is -0.486. The maximum absolute atomic E-state index is 12.2. The van der Waals surface area contributed by atoms with Crippen LogP contribution in [0.15, 0.2) is 11.4 Å². The molecule has 0 saturated carbocycles. The smallest absolute Gasteiger partial charge is 0.263 e. The van der Waals surface area contributed by atoms with Crippen molar-refractivity contribution in [2.24, 2.45) is 5.41 Å². The third-order valence-corrected chi connectivity index (χ3v) is 4.77. The van der Waals surface area contributed by atoms with Crippen molar-refractivity contribution in [1.82, 2.24) is 4.90 Å². The van der Waals surface area contributed by atoms with Crippen molar-refractivity contribution in [2.75, 3.05) is 26.3 Å². The first kappa shape index (κ1) is 13.1. The molecule has 1 aromatic heterocycles. The number of aryl methyl sites for hydroxylation is 1. The highest BCUT2D eigenvalue weighted by Gasteiger charge is 2.50. The van der Waals surface area contributed by atoms with Gasteiger partial charge in [0.25, 0.3) is 5.91 Å². The molecule has 0 N–H and O–H groups in total. The van der Waals surface area contributed by atoms with E-state index in [9.17, 15) is 4.79 Å². The average Bonchev–Trinajstić information content (AvgIpc) is 2.73. The Hall–Kier alpha value is -0.910. The summed E-state index contributed by atoms with van der Waals surface area (Å²) < 4.78 is 11.4. The fraction of sp³-hybridized carbons (Fsp3) is 0.643. The van der Waals surface area contributed by atoms with E-state index in [1.807, 2.05) is 37.1 Å². The van der Waals surface area contributed by atoms with E-state index >= 15 is 0 Å². The second kappa shape index (κ2) is 4.30. The third kappa shape index (κ3) is 2.42. The molecule has 104 valence electrons. The van der Waals surface area contributed by atoms with Crippen molar-refractivity contribution < 1.29 is 14.3 Å². The molecule has 2 saturated heterocycles. The summed E-state index contributed by atoms with van der Waals surface area (Å²) in [5, 5.41) is 2.01. The first-order chi connectivity index (χ1) is 8.89. The van der Waals surface area contributed by atoms with Crippen LogP contribution in [0.5, 0.6) is 0 Å². The Bertz CT molecular complexity index is 491. The predicted octanol–water partition coefficient (Wildman–Crippen LogP) is 2.28. The molecular formula is C14H19NO3S. The Balaban J connectivity index is 1.60. The largest absolute Gasteiger partial charge is 0.350 e. The summed E-state index contributed by atoms with van der Waals surface area (Å²) in [6.07, 6.45) is 0. The molecule has 0 unspecified atom stereocenters. The summed E-state index contributed by atoms with van der Waals surface area (Å²) in [5.74, 6) is -0.353. The highest BCUT2D eigenvalue weighted by Crippen LogP contribution is 2.38. The molecule has 5 heteroatoms. The maximum Gasteiger partial charge on any atom is 0.263 e. The number of rotatable bonds is 1. The van der Waals surface area contributed by atoms with Crippen molar-refractivity contribution in [3.63, 3.8) is 0 Å². The number of thiophene rings is 1. The standard InChI is InChI=1S/C14H19NO3S/c1-10-4-11(19-5-10)12(16)15-6-14(7-15)8-17-13(2,3)18-9-14/h4-5H,6-9H2,1-3H3. The lowest BCUT2D eigenvalue weighted by Gasteiger charge is -2.53. The zero-order chi connectivity index (χ0) is 13.7. The van der Waals surface area contributed by atoms with E-state index in [-0.39, 0.29) is 11.3 Å².